The Bertz CT molecular complexity index is 873. The highest BCUT2D eigenvalue weighted by Crippen LogP contribution is 2.40. The normalized spacial score (nSPS) is 17.8. The van der Waals surface area contributed by atoms with E-state index in [2.05, 4.69) is 0 Å². The van der Waals surface area contributed by atoms with Crippen LogP contribution < -0.4 is 4.90 Å². The molecule has 1 aliphatic rings. The van der Waals surface area contributed by atoms with Crippen LogP contribution in [0.3, 0.4) is 0 Å². The zero-order valence-corrected chi connectivity index (χ0v) is 14.4. The summed E-state index contributed by atoms with van der Waals surface area (Å²) < 4.78 is 23.3. The van der Waals surface area contributed by atoms with Gasteiger partial charge in [-0.1, -0.05) is 0 Å². The fourth-order valence-corrected chi connectivity index (χ4v) is 4.57. The maximum absolute atomic E-state index is 11.7. The summed E-state index contributed by atoms with van der Waals surface area (Å²) >= 11 is 1.70. The molecule has 1 aromatic heterocycles. The first-order chi connectivity index (χ1) is 10.8. The Hall–Kier alpha value is -1.93. The van der Waals surface area contributed by atoms with Crippen molar-refractivity contribution in [2.24, 2.45) is 0 Å². The number of rotatable bonds is 3. The molecule has 8 heteroatoms. The van der Waals surface area contributed by atoms with Crippen LogP contribution in [0, 0.1) is 10.1 Å². The van der Waals surface area contributed by atoms with Crippen molar-refractivity contribution in [3.8, 4) is 0 Å². The second-order valence-corrected chi connectivity index (χ2v) is 8.61. The molecule has 1 atom stereocenters. The number of nitro benzene ring substituents is 1. The summed E-state index contributed by atoms with van der Waals surface area (Å²) in [6, 6.07) is 6.21. The van der Waals surface area contributed by atoms with Crippen LogP contribution in [0.25, 0.3) is 0 Å². The van der Waals surface area contributed by atoms with Gasteiger partial charge in [-0.15, -0.1) is 11.3 Å². The van der Waals surface area contributed by atoms with Crippen LogP contribution in [0.15, 0.2) is 34.5 Å². The largest absolute Gasteiger partial charge is 0.359 e. The second kappa shape index (κ2) is 5.61. The van der Waals surface area contributed by atoms with E-state index in [1.807, 2.05) is 23.3 Å². The zero-order valence-electron chi connectivity index (χ0n) is 12.7. The summed E-state index contributed by atoms with van der Waals surface area (Å²) in [7, 11) is -3.48. The summed E-state index contributed by atoms with van der Waals surface area (Å²) in [5, 5.41) is 13.5. The standard InChI is InChI=1S/C15H16N2O4S2/c1-10-12-6-8-22-15(12)5-7-16(10)13-4-3-11(23(2,20)21)9-14(13)17(18)19/h3-4,6,8-10H,5,7H2,1-2H3/t10-/m0/s1. The number of hydrogen-bond acceptors (Lipinski definition) is 6. The lowest BCUT2D eigenvalue weighted by atomic mass is 10.0. The second-order valence-electron chi connectivity index (χ2n) is 5.60. The van der Waals surface area contributed by atoms with Crippen LogP contribution >= 0.6 is 11.3 Å². The molecular weight excluding hydrogens is 336 g/mol. The van der Waals surface area contributed by atoms with Crippen LogP contribution in [0.5, 0.6) is 0 Å². The summed E-state index contributed by atoms with van der Waals surface area (Å²) in [5.41, 5.74) is 1.48. The first kappa shape index (κ1) is 15.9. The topological polar surface area (TPSA) is 80.5 Å². The predicted molar refractivity (Wildman–Crippen MR) is 90.0 cm³/mol. The highest BCUT2D eigenvalue weighted by atomic mass is 32.2. The molecule has 0 amide bonds. The molecule has 122 valence electrons. The van der Waals surface area contributed by atoms with Crippen molar-refractivity contribution in [2.75, 3.05) is 17.7 Å². The third kappa shape index (κ3) is 2.84. The molecule has 0 bridgehead atoms. The lowest BCUT2D eigenvalue weighted by molar-refractivity contribution is -0.384. The first-order valence-electron chi connectivity index (χ1n) is 7.10. The fourth-order valence-electron chi connectivity index (χ4n) is 2.96. The van der Waals surface area contributed by atoms with E-state index in [4.69, 9.17) is 0 Å². The van der Waals surface area contributed by atoms with Crippen molar-refractivity contribution in [1.82, 2.24) is 0 Å². The number of thiophene rings is 1. The van der Waals surface area contributed by atoms with Crippen molar-refractivity contribution in [2.45, 2.75) is 24.3 Å². The molecule has 0 saturated carbocycles. The number of nitro groups is 1. The maximum atomic E-state index is 11.7. The van der Waals surface area contributed by atoms with Gasteiger partial charge in [0.15, 0.2) is 9.84 Å². The SMILES string of the molecule is C[C@H]1c2ccsc2CCN1c1ccc(S(C)(=O)=O)cc1[N+](=O)[O-]. The molecule has 0 fully saturated rings. The lowest BCUT2D eigenvalue weighted by Crippen LogP contribution is -2.33. The average Bonchev–Trinajstić information content (AvgIpc) is 2.95. The van der Waals surface area contributed by atoms with Crippen molar-refractivity contribution in [3.63, 3.8) is 0 Å². The van der Waals surface area contributed by atoms with Gasteiger partial charge >= 0.3 is 0 Å². The van der Waals surface area contributed by atoms with Crippen LogP contribution in [-0.2, 0) is 16.3 Å². The number of sulfone groups is 1. The molecule has 3 rings (SSSR count). The Labute approximate surface area is 138 Å². The molecule has 0 radical (unpaired) electrons. The lowest BCUT2D eigenvalue weighted by Gasteiger charge is -2.35. The summed E-state index contributed by atoms with van der Waals surface area (Å²) in [4.78, 5) is 14.2. The summed E-state index contributed by atoms with van der Waals surface area (Å²) in [5.74, 6) is 0. The van der Waals surface area contributed by atoms with Gasteiger partial charge in [-0.25, -0.2) is 8.42 Å². The van der Waals surface area contributed by atoms with Crippen molar-refractivity contribution >= 4 is 32.5 Å². The van der Waals surface area contributed by atoms with E-state index in [0.29, 0.717) is 12.2 Å². The van der Waals surface area contributed by atoms with E-state index < -0.39 is 14.8 Å². The molecule has 0 saturated heterocycles. The number of anilines is 1. The van der Waals surface area contributed by atoms with Gasteiger partial charge in [0.2, 0.25) is 0 Å². The van der Waals surface area contributed by atoms with Crippen molar-refractivity contribution in [3.05, 3.63) is 50.2 Å². The summed E-state index contributed by atoms with van der Waals surface area (Å²) in [6.07, 6.45) is 1.88. The van der Waals surface area contributed by atoms with Gasteiger partial charge in [-0.05, 0) is 42.5 Å². The Morgan fingerprint density at radius 1 is 1.35 bits per heavy atom. The molecule has 0 N–H and O–H groups in total. The molecular formula is C15H16N2O4S2. The molecule has 23 heavy (non-hydrogen) atoms. The molecule has 0 spiro atoms. The van der Waals surface area contributed by atoms with Gasteiger partial charge in [0.25, 0.3) is 5.69 Å². The van der Waals surface area contributed by atoms with E-state index in [1.165, 1.54) is 16.5 Å². The van der Waals surface area contributed by atoms with E-state index in [0.717, 1.165) is 18.7 Å². The van der Waals surface area contributed by atoms with Gasteiger partial charge in [0, 0.05) is 23.7 Å². The first-order valence-corrected chi connectivity index (χ1v) is 9.87. The van der Waals surface area contributed by atoms with Gasteiger partial charge < -0.3 is 4.90 Å². The molecule has 0 unspecified atom stereocenters. The van der Waals surface area contributed by atoms with Gasteiger partial charge in [-0.3, -0.25) is 10.1 Å². The minimum atomic E-state index is -3.48. The maximum Gasteiger partial charge on any atom is 0.293 e. The average molecular weight is 352 g/mol. The Morgan fingerprint density at radius 2 is 2.09 bits per heavy atom. The number of fused-ring (bicyclic) bond motifs is 1. The molecule has 2 heterocycles. The third-order valence-corrected chi connectivity index (χ3v) is 6.27. The summed E-state index contributed by atoms with van der Waals surface area (Å²) in [6.45, 7) is 2.69. The van der Waals surface area contributed by atoms with Gasteiger partial charge in [0.1, 0.15) is 5.69 Å². The van der Waals surface area contributed by atoms with E-state index in [1.54, 1.807) is 17.4 Å². The molecule has 0 aliphatic carbocycles. The van der Waals surface area contributed by atoms with Crippen LogP contribution in [0.2, 0.25) is 0 Å². The fraction of sp³-hybridized carbons (Fsp3) is 0.333. The van der Waals surface area contributed by atoms with Crippen LogP contribution in [-0.4, -0.2) is 26.1 Å². The zero-order chi connectivity index (χ0) is 16.8. The molecule has 1 aromatic carbocycles. The van der Waals surface area contributed by atoms with Gasteiger partial charge in [-0.2, -0.15) is 0 Å². The Kier molecular flexibility index (Phi) is 3.89. The van der Waals surface area contributed by atoms with Crippen LogP contribution in [0.4, 0.5) is 11.4 Å². The smallest absolute Gasteiger partial charge is 0.293 e. The van der Waals surface area contributed by atoms with Crippen LogP contribution in [0.1, 0.15) is 23.4 Å². The quantitative estimate of drug-likeness (QED) is 0.626. The number of hydrogen-bond donors (Lipinski definition) is 0. The predicted octanol–water partition coefficient (Wildman–Crippen LogP) is 3.18. The van der Waals surface area contributed by atoms with E-state index in [-0.39, 0.29) is 16.6 Å². The number of benzene rings is 1. The molecule has 2 aromatic rings. The van der Waals surface area contributed by atoms with Crippen molar-refractivity contribution in [1.29, 1.82) is 0 Å². The number of nitrogens with zero attached hydrogens (tertiary/aromatic N) is 2. The monoisotopic (exact) mass is 352 g/mol. The van der Waals surface area contributed by atoms with Crippen molar-refractivity contribution < 1.29 is 13.3 Å². The van der Waals surface area contributed by atoms with E-state index >= 15 is 0 Å². The van der Waals surface area contributed by atoms with E-state index in [9.17, 15) is 18.5 Å². The molecule has 1 aliphatic heterocycles. The third-order valence-electron chi connectivity index (χ3n) is 4.16. The Balaban J connectivity index is 2.08. The minimum absolute atomic E-state index is 0.0211. The van der Waals surface area contributed by atoms with Gasteiger partial charge in [0.05, 0.1) is 15.9 Å². The Morgan fingerprint density at radius 3 is 2.74 bits per heavy atom. The highest BCUT2D eigenvalue weighted by Gasteiger charge is 2.30. The highest BCUT2D eigenvalue weighted by molar-refractivity contribution is 7.90. The molecule has 6 nitrogen and oxygen atoms in total. The minimum Gasteiger partial charge on any atom is -0.359 e.